The Morgan fingerprint density at radius 3 is 3.05 bits per heavy atom. The minimum atomic E-state index is -0.0355. The number of aromatic amines is 1. The van der Waals surface area contributed by atoms with Gasteiger partial charge in [0.25, 0.3) is 0 Å². The van der Waals surface area contributed by atoms with Crippen molar-refractivity contribution >= 4 is 11.7 Å². The summed E-state index contributed by atoms with van der Waals surface area (Å²) in [4.78, 5) is 12.3. The van der Waals surface area contributed by atoms with Crippen LogP contribution in [-0.4, -0.2) is 28.7 Å². The monoisotopic (exact) mass is 262 g/mol. The first-order valence-corrected chi connectivity index (χ1v) is 7.24. The first-order chi connectivity index (χ1) is 9.15. The molecule has 1 aliphatic heterocycles. The van der Waals surface area contributed by atoms with Gasteiger partial charge in [0.15, 0.2) is 5.82 Å². The van der Waals surface area contributed by atoms with Gasteiger partial charge < -0.3 is 10.6 Å². The molecule has 2 heterocycles. The number of carbonyl (C=O) groups excluding carboxylic acids is 1. The van der Waals surface area contributed by atoms with Crippen molar-refractivity contribution in [3.63, 3.8) is 0 Å². The van der Waals surface area contributed by atoms with Gasteiger partial charge in [0, 0.05) is 11.8 Å². The molecule has 1 saturated heterocycles. The van der Waals surface area contributed by atoms with Crippen LogP contribution in [0.4, 0.5) is 5.82 Å². The van der Waals surface area contributed by atoms with Crippen LogP contribution in [0, 0.1) is 11.8 Å². The molecule has 2 aliphatic rings. The van der Waals surface area contributed by atoms with Gasteiger partial charge in [-0.05, 0) is 37.1 Å². The van der Waals surface area contributed by atoms with Crippen molar-refractivity contribution in [1.82, 2.24) is 15.5 Å². The third kappa shape index (κ3) is 2.39. The molecule has 3 atom stereocenters. The number of hydrogen-bond donors (Lipinski definition) is 3. The Kier molecular flexibility index (Phi) is 3.31. The maximum atomic E-state index is 12.3. The van der Waals surface area contributed by atoms with E-state index in [1.54, 1.807) is 0 Å². The molecule has 0 bridgehead atoms. The molecule has 0 aromatic carbocycles. The summed E-state index contributed by atoms with van der Waals surface area (Å²) in [6.07, 6.45) is 3.70. The maximum Gasteiger partial charge on any atom is 0.243 e. The van der Waals surface area contributed by atoms with E-state index in [0.717, 1.165) is 12.2 Å². The molecule has 1 aromatic heterocycles. The van der Waals surface area contributed by atoms with Crippen LogP contribution in [0.25, 0.3) is 0 Å². The van der Waals surface area contributed by atoms with Gasteiger partial charge in [0.2, 0.25) is 5.91 Å². The SMILES string of the molecule is CC(C)c1cc(NC(=O)C2NCC3CCCC32)n[nH]1. The van der Waals surface area contributed by atoms with E-state index in [-0.39, 0.29) is 11.9 Å². The minimum Gasteiger partial charge on any atom is -0.308 e. The zero-order valence-electron chi connectivity index (χ0n) is 11.6. The van der Waals surface area contributed by atoms with Gasteiger partial charge in [-0.1, -0.05) is 20.3 Å². The molecule has 3 rings (SSSR count). The molecule has 3 N–H and O–H groups in total. The third-order valence-corrected chi connectivity index (χ3v) is 4.50. The molecule has 1 aliphatic carbocycles. The normalized spacial score (nSPS) is 29.7. The summed E-state index contributed by atoms with van der Waals surface area (Å²) in [5.41, 5.74) is 1.05. The smallest absolute Gasteiger partial charge is 0.243 e. The molecule has 2 fully saturated rings. The minimum absolute atomic E-state index is 0.0355. The van der Waals surface area contributed by atoms with Crippen molar-refractivity contribution in [2.75, 3.05) is 11.9 Å². The highest BCUT2D eigenvalue weighted by Crippen LogP contribution is 2.37. The summed E-state index contributed by atoms with van der Waals surface area (Å²) in [6.45, 7) is 5.18. The van der Waals surface area contributed by atoms with Gasteiger partial charge in [-0.2, -0.15) is 5.10 Å². The van der Waals surface area contributed by atoms with Crippen molar-refractivity contribution < 1.29 is 4.79 Å². The molecule has 5 heteroatoms. The lowest BCUT2D eigenvalue weighted by molar-refractivity contribution is -0.118. The quantitative estimate of drug-likeness (QED) is 0.778. The number of nitrogens with one attached hydrogen (secondary N) is 3. The standard InChI is InChI=1S/C14H22N4O/c1-8(2)11-6-12(18-17-11)16-14(19)13-10-5-3-4-9(10)7-15-13/h6,8-10,13,15H,3-5,7H2,1-2H3,(H2,16,17,18,19). The van der Waals surface area contributed by atoms with Crippen LogP contribution in [0.1, 0.15) is 44.7 Å². The fraction of sp³-hybridized carbons (Fsp3) is 0.714. The molecule has 3 unspecified atom stereocenters. The van der Waals surface area contributed by atoms with Gasteiger partial charge in [0.1, 0.15) is 0 Å². The number of carbonyl (C=O) groups is 1. The summed E-state index contributed by atoms with van der Waals surface area (Å²) >= 11 is 0. The Balaban J connectivity index is 1.64. The van der Waals surface area contributed by atoms with E-state index in [0.29, 0.717) is 23.6 Å². The summed E-state index contributed by atoms with van der Waals surface area (Å²) in [5, 5.41) is 13.4. The number of rotatable bonds is 3. The lowest BCUT2D eigenvalue weighted by Gasteiger charge is -2.16. The third-order valence-electron chi connectivity index (χ3n) is 4.50. The Morgan fingerprint density at radius 2 is 2.32 bits per heavy atom. The van der Waals surface area contributed by atoms with E-state index < -0.39 is 0 Å². The highest BCUT2D eigenvalue weighted by Gasteiger charge is 2.42. The zero-order chi connectivity index (χ0) is 13.4. The van der Waals surface area contributed by atoms with Crippen molar-refractivity contribution in [3.05, 3.63) is 11.8 Å². The van der Waals surface area contributed by atoms with Gasteiger partial charge in [-0.15, -0.1) is 0 Å². The summed E-state index contributed by atoms with van der Waals surface area (Å²) in [6, 6.07) is 1.88. The molecule has 104 valence electrons. The lowest BCUT2D eigenvalue weighted by Crippen LogP contribution is -2.39. The van der Waals surface area contributed by atoms with Crippen molar-refractivity contribution in [3.8, 4) is 0 Å². The number of fused-ring (bicyclic) bond motifs is 1. The predicted molar refractivity (Wildman–Crippen MR) is 73.9 cm³/mol. The Labute approximate surface area is 113 Å². The van der Waals surface area contributed by atoms with E-state index in [4.69, 9.17) is 0 Å². The second-order valence-corrected chi connectivity index (χ2v) is 6.09. The van der Waals surface area contributed by atoms with Crippen LogP contribution in [0.15, 0.2) is 6.07 Å². The fourth-order valence-electron chi connectivity index (χ4n) is 3.38. The van der Waals surface area contributed by atoms with Crippen molar-refractivity contribution in [2.45, 2.75) is 45.1 Å². The molecule has 0 spiro atoms. The highest BCUT2D eigenvalue weighted by molar-refractivity contribution is 5.94. The van der Waals surface area contributed by atoms with E-state index in [9.17, 15) is 4.79 Å². The molecule has 5 nitrogen and oxygen atoms in total. The van der Waals surface area contributed by atoms with Gasteiger partial charge >= 0.3 is 0 Å². The molecular weight excluding hydrogens is 240 g/mol. The number of aromatic nitrogens is 2. The Morgan fingerprint density at radius 1 is 1.47 bits per heavy atom. The predicted octanol–water partition coefficient (Wildman–Crippen LogP) is 1.86. The first kappa shape index (κ1) is 12.7. The van der Waals surface area contributed by atoms with Crippen LogP contribution < -0.4 is 10.6 Å². The largest absolute Gasteiger partial charge is 0.308 e. The van der Waals surface area contributed by atoms with E-state index in [1.165, 1.54) is 19.3 Å². The number of anilines is 1. The molecule has 19 heavy (non-hydrogen) atoms. The molecule has 0 radical (unpaired) electrons. The highest BCUT2D eigenvalue weighted by atomic mass is 16.2. The molecule has 1 aromatic rings. The first-order valence-electron chi connectivity index (χ1n) is 7.24. The second kappa shape index (κ2) is 4.96. The summed E-state index contributed by atoms with van der Waals surface area (Å²) < 4.78 is 0. The van der Waals surface area contributed by atoms with Gasteiger partial charge in [-0.3, -0.25) is 9.89 Å². The Hall–Kier alpha value is -1.36. The number of hydrogen-bond acceptors (Lipinski definition) is 3. The fourth-order valence-corrected chi connectivity index (χ4v) is 3.38. The number of nitrogens with zero attached hydrogens (tertiary/aromatic N) is 1. The van der Waals surface area contributed by atoms with Crippen molar-refractivity contribution in [2.24, 2.45) is 11.8 Å². The maximum absolute atomic E-state index is 12.3. The van der Waals surface area contributed by atoms with E-state index in [2.05, 4.69) is 34.7 Å². The summed E-state index contributed by atoms with van der Waals surface area (Å²) in [7, 11) is 0. The van der Waals surface area contributed by atoms with Crippen LogP contribution in [-0.2, 0) is 4.79 Å². The molecule has 1 amide bonds. The topological polar surface area (TPSA) is 69.8 Å². The number of amides is 1. The van der Waals surface area contributed by atoms with Crippen LogP contribution in [0.3, 0.4) is 0 Å². The van der Waals surface area contributed by atoms with Crippen LogP contribution in [0.2, 0.25) is 0 Å². The molecule has 1 saturated carbocycles. The second-order valence-electron chi connectivity index (χ2n) is 6.09. The number of H-pyrrole nitrogens is 1. The van der Waals surface area contributed by atoms with Crippen LogP contribution in [0.5, 0.6) is 0 Å². The van der Waals surface area contributed by atoms with E-state index in [1.807, 2.05) is 6.07 Å². The van der Waals surface area contributed by atoms with Gasteiger partial charge in [-0.25, -0.2) is 0 Å². The summed E-state index contributed by atoms with van der Waals surface area (Å²) in [5.74, 6) is 2.31. The van der Waals surface area contributed by atoms with E-state index >= 15 is 0 Å². The van der Waals surface area contributed by atoms with Gasteiger partial charge in [0.05, 0.1) is 6.04 Å². The van der Waals surface area contributed by atoms with Crippen LogP contribution >= 0.6 is 0 Å². The van der Waals surface area contributed by atoms with Crippen molar-refractivity contribution in [1.29, 1.82) is 0 Å². The average Bonchev–Trinajstić information content (AvgIpc) is 3.03. The average molecular weight is 262 g/mol. The Bertz CT molecular complexity index is 468. The lowest BCUT2D eigenvalue weighted by atomic mass is 9.94. The zero-order valence-corrected chi connectivity index (χ0v) is 11.6. The molecular formula is C14H22N4O.